The molecule has 8 nitrogen and oxygen atoms in total. The van der Waals surface area contributed by atoms with Crippen molar-refractivity contribution in [3.05, 3.63) is 59.5 Å². The summed E-state index contributed by atoms with van der Waals surface area (Å²) < 4.78 is 7.94. The number of nitriles is 1. The van der Waals surface area contributed by atoms with Gasteiger partial charge in [0.1, 0.15) is 18.0 Å². The zero-order valence-corrected chi connectivity index (χ0v) is 22.0. The summed E-state index contributed by atoms with van der Waals surface area (Å²) in [7, 11) is 2.08. The van der Waals surface area contributed by atoms with E-state index in [-0.39, 0.29) is 6.10 Å². The van der Waals surface area contributed by atoms with Crippen LogP contribution in [0.3, 0.4) is 0 Å². The van der Waals surface area contributed by atoms with Crippen LogP contribution in [-0.4, -0.2) is 51.8 Å². The van der Waals surface area contributed by atoms with Crippen molar-refractivity contribution in [2.75, 3.05) is 18.0 Å². The number of pyridine rings is 2. The highest BCUT2D eigenvalue weighted by Crippen LogP contribution is 2.29. The first-order valence-electron chi connectivity index (χ1n) is 13.0. The second-order valence-electron chi connectivity index (χ2n) is 10.3. The maximum Gasteiger partial charge on any atom is 0.233 e. The number of ether oxygens (including phenoxy) is 1. The molecule has 188 valence electrons. The number of hydrogen-bond acceptors (Lipinski definition) is 7. The Morgan fingerprint density at radius 1 is 1.14 bits per heavy atom. The molecular formula is C28H32BN7O. The first-order chi connectivity index (χ1) is 17.9. The van der Waals surface area contributed by atoms with Crippen LogP contribution in [0.2, 0.25) is 0 Å². The Bertz CT molecular complexity index is 1420. The molecule has 1 saturated heterocycles. The van der Waals surface area contributed by atoms with Gasteiger partial charge in [0.15, 0.2) is 7.85 Å². The van der Waals surface area contributed by atoms with Gasteiger partial charge in [-0.3, -0.25) is 0 Å². The Balaban J connectivity index is 1.34. The smallest absolute Gasteiger partial charge is 0.233 e. The van der Waals surface area contributed by atoms with Gasteiger partial charge in [-0.25, -0.2) is 9.50 Å². The number of piperidine rings is 1. The zero-order valence-electron chi connectivity index (χ0n) is 22.0. The van der Waals surface area contributed by atoms with Crippen LogP contribution in [-0.2, 0) is 6.42 Å². The van der Waals surface area contributed by atoms with Crippen LogP contribution in [0.4, 0.5) is 5.82 Å². The molecule has 9 heteroatoms. The molecule has 4 aromatic heterocycles. The van der Waals surface area contributed by atoms with Crippen molar-refractivity contribution in [2.45, 2.75) is 52.6 Å². The van der Waals surface area contributed by atoms with Crippen molar-refractivity contribution < 1.29 is 4.74 Å². The molecule has 1 aliphatic rings. The molecule has 0 spiro atoms. The summed E-state index contributed by atoms with van der Waals surface area (Å²) in [6, 6.07) is 12.5. The van der Waals surface area contributed by atoms with Crippen molar-refractivity contribution in [3.63, 3.8) is 0 Å². The third-order valence-electron chi connectivity index (χ3n) is 7.12. The van der Waals surface area contributed by atoms with E-state index in [2.05, 4.69) is 66.2 Å². The van der Waals surface area contributed by atoms with Gasteiger partial charge in [0.2, 0.25) is 5.88 Å². The van der Waals surface area contributed by atoms with E-state index in [1.54, 1.807) is 6.20 Å². The topological polar surface area (TPSA) is 92.2 Å². The number of anilines is 1. The fourth-order valence-electron chi connectivity index (χ4n) is 4.90. The molecule has 0 N–H and O–H groups in total. The summed E-state index contributed by atoms with van der Waals surface area (Å²) in [5, 5.41) is 22.5. The lowest BCUT2D eigenvalue weighted by molar-refractivity contribution is 0.162. The number of aryl methyl sites for hydroxylation is 2. The van der Waals surface area contributed by atoms with E-state index in [0.717, 1.165) is 72.5 Å². The standard InChI is InChI=1S/C28H32BN7O/c1-18(2)4-6-20-14-24(27-22(15-30)17-32-36(27)28(20)29)21-7-8-25(31-16-21)35-12-10-23(11-13-35)37-26-9-5-19(3)33-34-26/h5,7-9,14,16-18,23H,4,6,10-13,29H2,1-3H3. The summed E-state index contributed by atoms with van der Waals surface area (Å²) in [5.74, 6) is 2.15. The predicted octanol–water partition coefficient (Wildman–Crippen LogP) is 3.26. The lowest BCUT2D eigenvalue weighted by Gasteiger charge is -2.32. The van der Waals surface area contributed by atoms with Crippen LogP contribution < -0.4 is 15.2 Å². The molecule has 37 heavy (non-hydrogen) atoms. The zero-order chi connectivity index (χ0) is 25.9. The average molecular weight is 493 g/mol. The number of aromatic nitrogens is 5. The summed E-state index contributed by atoms with van der Waals surface area (Å²) in [4.78, 5) is 7.12. The van der Waals surface area contributed by atoms with Gasteiger partial charge in [-0.05, 0) is 55.5 Å². The fourth-order valence-corrected chi connectivity index (χ4v) is 4.90. The molecule has 0 amide bonds. The minimum absolute atomic E-state index is 0.129. The molecule has 0 atom stereocenters. The van der Waals surface area contributed by atoms with Crippen LogP contribution >= 0.6 is 0 Å². The molecule has 0 saturated carbocycles. The maximum atomic E-state index is 9.73. The summed E-state index contributed by atoms with van der Waals surface area (Å²) in [5.41, 5.74) is 6.65. The van der Waals surface area contributed by atoms with Crippen LogP contribution in [0.1, 0.15) is 49.9 Å². The highest BCUT2D eigenvalue weighted by atomic mass is 16.5. The van der Waals surface area contributed by atoms with Crippen LogP contribution in [0.5, 0.6) is 5.88 Å². The molecule has 1 fully saturated rings. The lowest BCUT2D eigenvalue weighted by Crippen LogP contribution is -2.38. The van der Waals surface area contributed by atoms with Crippen LogP contribution in [0.25, 0.3) is 16.6 Å². The third kappa shape index (κ3) is 5.29. The predicted molar refractivity (Wildman–Crippen MR) is 147 cm³/mol. The van der Waals surface area contributed by atoms with Gasteiger partial charge in [-0.15, -0.1) is 5.10 Å². The number of hydrogen-bond donors (Lipinski definition) is 0. The van der Waals surface area contributed by atoms with Gasteiger partial charge in [0.05, 0.1) is 23.0 Å². The van der Waals surface area contributed by atoms with Crippen molar-refractivity contribution in [3.8, 4) is 23.1 Å². The Hall–Kier alpha value is -3.93. The Morgan fingerprint density at radius 3 is 2.59 bits per heavy atom. The number of nitrogens with zero attached hydrogens (tertiary/aromatic N) is 7. The monoisotopic (exact) mass is 493 g/mol. The fraction of sp³-hybridized carbons (Fsp3) is 0.393. The maximum absolute atomic E-state index is 9.73. The Labute approximate surface area is 218 Å². The summed E-state index contributed by atoms with van der Waals surface area (Å²) >= 11 is 0. The minimum atomic E-state index is 0.129. The van der Waals surface area contributed by atoms with Crippen molar-refractivity contribution >= 4 is 24.8 Å². The largest absolute Gasteiger partial charge is 0.473 e. The Morgan fingerprint density at radius 2 is 1.95 bits per heavy atom. The van der Waals surface area contributed by atoms with Crippen LogP contribution in [0.15, 0.2) is 42.7 Å². The quantitative estimate of drug-likeness (QED) is 0.365. The molecule has 4 aromatic rings. The van der Waals surface area contributed by atoms with E-state index in [1.165, 1.54) is 5.56 Å². The van der Waals surface area contributed by atoms with Crippen molar-refractivity contribution in [1.29, 1.82) is 5.26 Å². The first-order valence-corrected chi connectivity index (χ1v) is 13.0. The van der Waals surface area contributed by atoms with Gasteiger partial charge in [-0.2, -0.15) is 15.5 Å². The van der Waals surface area contributed by atoms with Crippen molar-refractivity contribution in [1.82, 2.24) is 24.8 Å². The molecule has 5 rings (SSSR count). The van der Waals surface area contributed by atoms with Crippen LogP contribution in [0, 0.1) is 24.2 Å². The van der Waals surface area contributed by atoms with Gasteiger partial charge < -0.3 is 9.64 Å². The number of fused-ring (bicyclic) bond motifs is 1. The second kappa shape index (κ2) is 10.6. The minimum Gasteiger partial charge on any atom is -0.473 e. The normalized spacial score (nSPS) is 14.3. The van der Waals surface area contributed by atoms with Gasteiger partial charge in [0.25, 0.3) is 0 Å². The van der Waals surface area contributed by atoms with Crippen molar-refractivity contribution in [2.24, 2.45) is 5.92 Å². The van der Waals surface area contributed by atoms with Gasteiger partial charge in [0, 0.05) is 54.9 Å². The van der Waals surface area contributed by atoms with E-state index in [9.17, 15) is 5.26 Å². The molecule has 1 aliphatic heterocycles. The molecule has 0 aromatic carbocycles. The molecule has 0 unspecified atom stereocenters. The highest BCUT2D eigenvalue weighted by Gasteiger charge is 2.22. The summed E-state index contributed by atoms with van der Waals surface area (Å²) in [6.07, 6.45) is 7.59. The third-order valence-corrected chi connectivity index (χ3v) is 7.12. The van der Waals surface area contributed by atoms with Gasteiger partial charge in [-0.1, -0.05) is 13.8 Å². The van der Waals surface area contributed by atoms with E-state index in [4.69, 9.17) is 9.72 Å². The highest BCUT2D eigenvalue weighted by molar-refractivity contribution is 6.32. The lowest BCUT2D eigenvalue weighted by atomic mass is 9.89. The van der Waals surface area contributed by atoms with E-state index < -0.39 is 0 Å². The van der Waals surface area contributed by atoms with Gasteiger partial charge >= 0.3 is 0 Å². The second-order valence-corrected chi connectivity index (χ2v) is 10.3. The van der Waals surface area contributed by atoms with E-state index >= 15 is 0 Å². The Kier molecular flexibility index (Phi) is 7.09. The summed E-state index contributed by atoms with van der Waals surface area (Å²) in [6.45, 7) is 8.13. The average Bonchev–Trinajstić information content (AvgIpc) is 3.35. The molecule has 0 bridgehead atoms. The van der Waals surface area contributed by atoms with E-state index in [0.29, 0.717) is 17.4 Å². The molecule has 5 heterocycles. The molecule has 0 aliphatic carbocycles. The number of rotatable bonds is 7. The molecule has 0 radical (unpaired) electrons. The first kappa shape index (κ1) is 24.8. The molecular weight excluding hydrogens is 461 g/mol. The SMILES string of the molecule is Bc1c(CCC(C)C)cc(-c2ccc(N3CCC(Oc4ccc(C)nn4)CC3)nc2)c2c(C#N)cnn12. The van der Waals surface area contributed by atoms with E-state index in [1.807, 2.05) is 29.8 Å².